The molecule has 2 rings (SSSR count). The third-order valence-corrected chi connectivity index (χ3v) is 2.72. The number of amides is 1. The summed E-state index contributed by atoms with van der Waals surface area (Å²) < 4.78 is 14.1. The molecular weight excluding hydrogens is 324 g/mol. The Labute approximate surface area is 115 Å². The van der Waals surface area contributed by atoms with Crippen LogP contribution in [0.2, 0.25) is 5.15 Å². The number of nitrogens with one attached hydrogen (secondary N) is 1. The van der Waals surface area contributed by atoms with Crippen LogP contribution in [-0.4, -0.2) is 15.9 Å². The average Bonchev–Trinajstić information content (AvgIpc) is 2.35. The van der Waals surface area contributed by atoms with E-state index >= 15 is 0 Å². The molecule has 18 heavy (non-hydrogen) atoms. The number of hydrogen-bond acceptors (Lipinski definition) is 3. The van der Waals surface area contributed by atoms with Crippen molar-refractivity contribution in [2.45, 2.75) is 0 Å². The van der Waals surface area contributed by atoms with E-state index < -0.39 is 11.7 Å². The summed E-state index contributed by atoms with van der Waals surface area (Å²) in [7, 11) is 0. The first-order valence-electron chi connectivity index (χ1n) is 4.80. The van der Waals surface area contributed by atoms with Crippen LogP contribution in [0.1, 0.15) is 10.4 Å². The molecule has 0 aliphatic carbocycles. The van der Waals surface area contributed by atoms with Gasteiger partial charge in [0.1, 0.15) is 11.0 Å². The molecule has 0 saturated carbocycles. The SMILES string of the molecule is O=C(Nc1cnc(Cl)cn1)c1cc(Br)ccc1F. The zero-order chi connectivity index (χ0) is 13.1. The van der Waals surface area contributed by atoms with E-state index in [1.54, 1.807) is 0 Å². The number of hydrogen-bond donors (Lipinski definition) is 1. The van der Waals surface area contributed by atoms with Crippen LogP contribution in [-0.2, 0) is 0 Å². The first kappa shape index (κ1) is 12.9. The van der Waals surface area contributed by atoms with Crippen molar-refractivity contribution >= 4 is 39.3 Å². The van der Waals surface area contributed by atoms with Crippen molar-refractivity contribution in [3.8, 4) is 0 Å². The summed E-state index contributed by atoms with van der Waals surface area (Å²) >= 11 is 8.73. The van der Waals surface area contributed by atoms with Gasteiger partial charge in [-0.25, -0.2) is 14.4 Å². The second-order valence-corrected chi connectivity index (χ2v) is 4.61. The van der Waals surface area contributed by atoms with E-state index in [0.29, 0.717) is 4.47 Å². The van der Waals surface area contributed by atoms with Gasteiger partial charge in [-0.2, -0.15) is 0 Å². The molecular formula is C11H6BrClFN3O. The Morgan fingerprint density at radius 3 is 2.78 bits per heavy atom. The smallest absolute Gasteiger partial charge is 0.259 e. The lowest BCUT2D eigenvalue weighted by molar-refractivity contribution is 0.102. The number of anilines is 1. The monoisotopic (exact) mass is 329 g/mol. The molecule has 4 nitrogen and oxygen atoms in total. The summed E-state index contributed by atoms with van der Waals surface area (Å²) in [6.45, 7) is 0. The Hall–Kier alpha value is -1.53. The molecule has 0 aliphatic heterocycles. The Morgan fingerprint density at radius 2 is 2.11 bits per heavy atom. The predicted octanol–water partition coefficient (Wildman–Crippen LogP) is 3.28. The molecule has 2 aromatic rings. The lowest BCUT2D eigenvalue weighted by Gasteiger charge is -2.05. The quantitative estimate of drug-likeness (QED) is 0.919. The van der Waals surface area contributed by atoms with Gasteiger partial charge in [-0.1, -0.05) is 27.5 Å². The van der Waals surface area contributed by atoms with Gasteiger partial charge in [0.05, 0.1) is 18.0 Å². The number of carbonyl (C=O) groups excluding carboxylic acids is 1. The van der Waals surface area contributed by atoms with Crippen molar-refractivity contribution in [3.63, 3.8) is 0 Å². The van der Waals surface area contributed by atoms with E-state index in [1.807, 2.05) is 0 Å². The Bertz CT molecular complexity index is 591. The summed E-state index contributed by atoms with van der Waals surface area (Å²) in [5, 5.41) is 2.63. The maximum absolute atomic E-state index is 13.4. The fourth-order valence-corrected chi connectivity index (χ4v) is 1.69. The molecule has 0 aliphatic rings. The third-order valence-electron chi connectivity index (χ3n) is 2.03. The highest BCUT2D eigenvalue weighted by Gasteiger charge is 2.12. The van der Waals surface area contributed by atoms with Crippen molar-refractivity contribution < 1.29 is 9.18 Å². The molecule has 0 radical (unpaired) electrons. The highest BCUT2D eigenvalue weighted by molar-refractivity contribution is 9.10. The van der Waals surface area contributed by atoms with Crippen LogP contribution in [0.4, 0.5) is 10.2 Å². The van der Waals surface area contributed by atoms with Gasteiger partial charge in [0, 0.05) is 4.47 Å². The van der Waals surface area contributed by atoms with Crippen molar-refractivity contribution in [2.75, 3.05) is 5.32 Å². The summed E-state index contributed by atoms with van der Waals surface area (Å²) in [6.07, 6.45) is 2.57. The van der Waals surface area contributed by atoms with Gasteiger partial charge in [-0.3, -0.25) is 4.79 Å². The van der Waals surface area contributed by atoms with Crippen molar-refractivity contribution in [2.24, 2.45) is 0 Å². The standard InChI is InChI=1S/C11H6BrClFN3O/c12-6-1-2-8(14)7(3-6)11(18)17-10-5-15-9(13)4-16-10/h1-5H,(H,16,17,18). The Morgan fingerprint density at radius 1 is 1.33 bits per heavy atom. The maximum Gasteiger partial charge on any atom is 0.259 e. The van der Waals surface area contributed by atoms with Crippen LogP contribution in [0, 0.1) is 5.82 Å². The van der Waals surface area contributed by atoms with Crippen molar-refractivity contribution in [3.05, 3.63) is 51.6 Å². The topological polar surface area (TPSA) is 54.9 Å². The number of benzene rings is 1. The molecule has 0 fully saturated rings. The lowest BCUT2D eigenvalue weighted by atomic mass is 10.2. The van der Waals surface area contributed by atoms with Gasteiger partial charge in [0.2, 0.25) is 0 Å². The molecule has 1 heterocycles. The van der Waals surface area contributed by atoms with Crippen LogP contribution in [0.15, 0.2) is 35.1 Å². The van der Waals surface area contributed by atoms with E-state index in [4.69, 9.17) is 11.6 Å². The normalized spacial score (nSPS) is 10.2. The minimum atomic E-state index is -0.613. The molecule has 7 heteroatoms. The maximum atomic E-state index is 13.4. The first-order valence-corrected chi connectivity index (χ1v) is 5.97. The zero-order valence-corrected chi connectivity index (χ0v) is 11.2. The molecule has 92 valence electrons. The molecule has 0 bridgehead atoms. The second kappa shape index (κ2) is 5.41. The van der Waals surface area contributed by atoms with E-state index in [0.717, 1.165) is 0 Å². The fraction of sp³-hybridized carbons (Fsp3) is 0. The Balaban J connectivity index is 2.21. The average molecular weight is 331 g/mol. The van der Waals surface area contributed by atoms with E-state index in [-0.39, 0.29) is 16.5 Å². The van der Waals surface area contributed by atoms with E-state index in [1.165, 1.54) is 30.6 Å². The Kier molecular flexibility index (Phi) is 3.88. The molecule has 0 unspecified atom stereocenters. The minimum Gasteiger partial charge on any atom is -0.305 e. The summed E-state index contributed by atoms with van der Waals surface area (Å²) in [5.74, 6) is -1.02. The number of carbonyl (C=O) groups is 1. The number of rotatable bonds is 2. The third kappa shape index (κ3) is 3.02. The summed E-state index contributed by atoms with van der Waals surface area (Å²) in [5.41, 5.74) is -0.0823. The second-order valence-electron chi connectivity index (χ2n) is 3.30. The van der Waals surface area contributed by atoms with E-state index in [2.05, 4.69) is 31.2 Å². The van der Waals surface area contributed by atoms with Gasteiger partial charge in [0.15, 0.2) is 5.82 Å². The predicted molar refractivity (Wildman–Crippen MR) is 69.1 cm³/mol. The number of aromatic nitrogens is 2. The van der Waals surface area contributed by atoms with Gasteiger partial charge >= 0.3 is 0 Å². The van der Waals surface area contributed by atoms with E-state index in [9.17, 15) is 9.18 Å². The van der Waals surface area contributed by atoms with Gasteiger partial charge in [0.25, 0.3) is 5.91 Å². The molecule has 1 aromatic heterocycles. The number of nitrogens with zero attached hydrogens (tertiary/aromatic N) is 2. The molecule has 1 amide bonds. The molecule has 1 aromatic carbocycles. The zero-order valence-electron chi connectivity index (χ0n) is 8.82. The summed E-state index contributed by atoms with van der Waals surface area (Å²) in [4.78, 5) is 19.4. The fourth-order valence-electron chi connectivity index (χ4n) is 1.23. The van der Waals surface area contributed by atoms with Gasteiger partial charge in [-0.15, -0.1) is 0 Å². The summed E-state index contributed by atoms with van der Waals surface area (Å²) in [6, 6.07) is 4.09. The highest BCUT2D eigenvalue weighted by atomic mass is 79.9. The largest absolute Gasteiger partial charge is 0.305 e. The van der Waals surface area contributed by atoms with Crippen LogP contribution in [0.5, 0.6) is 0 Å². The van der Waals surface area contributed by atoms with Crippen LogP contribution in [0.3, 0.4) is 0 Å². The van der Waals surface area contributed by atoms with Crippen molar-refractivity contribution in [1.29, 1.82) is 0 Å². The van der Waals surface area contributed by atoms with Gasteiger partial charge < -0.3 is 5.32 Å². The molecule has 0 saturated heterocycles. The minimum absolute atomic E-state index is 0.0823. The van der Waals surface area contributed by atoms with Crippen LogP contribution < -0.4 is 5.32 Å². The van der Waals surface area contributed by atoms with Crippen molar-refractivity contribution in [1.82, 2.24) is 9.97 Å². The molecule has 0 atom stereocenters. The molecule has 1 N–H and O–H groups in total. The molecule has 0 spiro atoms. The first-order chi connectivity index (χ1) is 8.56. The van der Waals surface area contributed by atoms with Gasteiger partial charge in [-0.05, 0) is 18.2 Å². The van der Waals surface area contributed by atoms with Crippen LogP contribution >= 0.6 is 27.5 Å². The lowest BCUT2D eigenvalue weighted by Crippen LogP contribution is -2.14. The van der Waals surface area contributed by atoms with Crippen LogP contribution in [0.25, 0.3) is 0 Å². The number of halogens is 3. The highest BCUT2D eigenvalue weighted by Crippen LogP contribution is 2.16.